The van der Waals surface area contributed by atoms with Crippen LogP contribution in [0.4, 0.5) is 0 Å². The van der Waals surface area contributed by atoms with Gasteiger partial charge in [-0.15, -0.1) is 0 Å². The maximum absolute atomic E-state index is 11.4. The van der Waals surface area contributed by atoms with Crippen molar-refractivity contribution in [1.29, 1.82) is 0 Å². The van der Waals surface area contributed by atoms with Crippen molar-refractivity contribution in [2.24, 2.45) is 0 Å². The van der Waals surface area contributed by atoms with Gasteiger partial charge in [-0.05, 0) is 79.9 Å². The lowest BCUT2D eigenvalue weighted by Gasteiger charge is -2.36. The summed E-state index contributed by atoms with van der Waals surface area (Å²) in [6, 6.07) is 11.6. The summed E-state index contributed by atoms with van der Waals surface area (Å²) in [6.07, 6.45) is 6.98. The Morgan fingerprint density at radius 1 is 1.09 bits per heavy atom. The van der Waals surface area contributed by atoms with Gasteiger partial charge in [0.05, 0.1) is 33.1 Å². The summed E-state index contributed by atoms with van der Waals surface area (Å²) < 4.78 is 17.5. The molecule has 6 rings (SSSR count). The van der Waals surface area contributed by atoms with E-state index >= 15 is 0 Å². The van der Waals surface area contributed by atoms with E-state index in [0.717, 1.165) is 52.7 Å². The fraction of sp³-hybridized carbons (Fsp3) is 0.385. The second kappa shape index (κ2) is 8.92. The molecule has 4 aromatic rings. The van der Waals surface area contributed by atoms with Crippen molar-refractivity contribution in [1.82, 2.24) is 9.53 Å². The van der Waals surface area contributed by atoms with Gasteiger partial charge in [-0.1, -0.05) is 40.5 Å². The van der Waals surface area contributed by atoms with E-state index in [-0.39, 0.29) is 6.10 Å². The Kier molecular flexibility index (Phi) is 5.90. The van der Waals surface area contributed by atoms with Crippen molar-refractivity contribution in [3.63, 3.8) is 0 Å². The van der Waals surface area contributed by atoms with Crippen molar-refractivity contribution in [3.05, 3.63) is 69.5 Å². The van der Waals surface area contributed by atoms with Gasteiger partial charge in [0.1, 0.15) is 11.5 Å². The van der Waals surface area contributed by atoms with Gasteiger partial charge in [0, 0.05) is 28.6 Å². The molecule has 2 aliphatic rings. The lowest BCUT2D eigenvalue weighted by atomic mass is 9.78. The molecule has 1 N–H and O–H groups in total. The van der Waals surface area contributed by atoms with E-state index in [9.17, 15) is 5.11 Å². The molecule has 0 spiro atoms. The average Bonchev–Trinajstić information content (AvgIpc) is 3.42. The number of hydrogen-bond acceptors (Lipinski definition) is 6. The number of fused-ring (bicyclic) bond motifs is 1. The molecule has 0 bridgehead atoms. The molecular weight excluding hydrogens is 491 g/mol. The molecule has 0 saturated heterocycles. The van der Waals surface area contributed by atoms with Crippen LogP contribution in [0.5, 0.6) is 0 Å². The Hall–Kier alpha value is -1.96. The Labute approximate surface area is 211 Å². The first-order valence-electron chi connectivity index (χ1n) is 11.6. The van der Waals surface area contributed by atoms with Crippen LogP contribution in [0.15, 0.2) is 47.1 Å². The van der Waals surface area contributed by atoms with Gasteiger partial charge in [-0.3, -0.25) is 0 Å². The number of aromatic nitrogens is 2. The lowest BCUT2D eigenvalue weighted by Crippen LogP contribution is -2.34. The maximum atomic E-state index is 11.4. The van der Waals surface area contributed by atoms with Crippen LogP contribution in [0.1, 0.15) is 61.3 Å². The van der Waals surface area contributed by atoms with Crippen LogP contribution in [0.3, 0.4) is 0 Å². The van der Waals surface area contributed by atoms with Crippen molar-refractivity contribution in [2.45, 2.75) is 62.8 Å². The van der Waals surface area contributed by atoms with Gasteiger partial charge >= 0.3 is 0 Å². The molecule has 2 saturated carbocycles. The minimum atomic E-state index is -0.831. The fourth-order valence-electron chi connectivity index (χ4n) is 4.94. The molecular formula is C26H24Cl2N2O3S. The number of nitrogens with zero attached hydrogens (tertiary/aromatic N) is 2. The number of rotatable bonds is 6. The third-order valence-electron chi connectivity index (χ3n) is 7.08. The minimum absolute atomic E-state index is 0.0586. The Morgan fingerprint density at radius 3 is 2.59 bits per heavy atom. The van der Waals surface area contributed by atoms with Gasteiger partial charge in [-0.25, -0.2) is 0 Å². The largest absolute Gasteiger partial charge is 0.385 e. The Bertz CT molecular complexity index is 1320. The molecule has 0 radical (unpaired) electrons. The summed E-state index contributed by atoms with van der Waals surface area (Å²) in [5, 5.41) is 17.9. The first-order chi connectivity index (χ1) is 16.5. The summed E-state index contributed by atoms with van der Waals surface area (Å²) in [7, 11) is 0. The number of hydrogen-bond donors (Lipinski definition) is 1. The second-order valence-electron chi connectivity index (χ2n) is 9.37. The molecule has 0 amide bonds. The third-order valence-corrected chi connectivity index (χ3v) is 8.49. The third kappa shape index (κ3) is 4.16. The zero-order valence-corrected chi connectivity index (χ0v) is 20.8. The van der Waals surface area contributed by atoms with Crippen molar-refractivity contribution >= 4 is 44.8 Å². The summed E-state index contributed by atoms with van der Waals surface area (Å²) in [6.45, 7) is 0.391. The normalized spacial score (nSPS) is 23.0. The van der Waals surface area contributed by atoms with E-state index in [1.807, 2.05) is 30.5 Å². The van der Waals surface area contributed by atoms with Gasteiger partial charge in [0.25, 0.3) is 0 Å². The molecule has 176 valence electrons. The molecule has 2 heterocycles. The summed E-state index contributed by atoms with van der Waals surface area (Å²) >= 11 is 14.4. The smallest absolute Gasteiger partial charge is 0.145 e. The molecule has 8 heteroatoms. The van der Waals surface area contributed by atoms with Crippen LogP contribution in [-0.4, -0.2) is 20.7 Å². The minimum Gasteiger partial charge on any atom is -0.385 e. The molecule has 2 fully saturated rings. The average molecular weight is 515 g/mol. The maximum Gasteiger partial charge on any atom is 0.145 e. The van der Waals surface area contributed by atoms with Crippen molar-refractivity contribution < 1.29 is 14.4 Å². The standard InChI is InChI=1S/C26H24Cl2N2O3S/c27-20-2-1-3-21(28)23(20)24-19(25(33-30-24)15-4-5-15)14-32-18-8-10-26(31,11-9-18)17-6-7-22-16(12-17)13-29-34-22/h1-3,6-7,12-13,15,18,31H,4-5,8-11,14H2. The molecule has 2 aliphatic carbocycles. The van der Waals surface area contributed by atoms with E-state index < -0.39 is 5.60 Å². The van der Waals surface area contributed by atoms with E-state index in [4.69, 9.17) is 32.5 Å². The second-order valence-corrected chi connectivity index (χ2v) is 11.0. The zero-order valence-electron chi connectivity index (χ0n) is 18.5. The SMILES string of the molecule is OC1(c2ccc3sncc3c2)CCC(OCc2c(-c3c(Cl)cccc3Cl)noc2C2CC2)CC1. The molecule has 0 atom stereocenters. The van der Waals surface area contributed by atoms with E-state index in [1.54, 1.807) is 0 Å². The van der Waals surface area contributed by atoms with Gasteiger partial charge < -0.3 is 14.4 Å². The Balaban J connectivity index is 1.18. The zero-order chi connectivity index (χ0) is 23.3. The lowest BCUT2D eigenvalue weighted by molar-refractivity contribution is -0.0640. The fourth-order valence-corrected chi connectivity index (χ4v) is 6.14. The molecule has 2 aromatic heterocycles. The molecule has 0 unspecified atom stereocenters. The van der Waals surface area contributed by atoms with Crippen LogP contribution >= 0.6 is 34.7 Å². The summed E-state index contributed by atoms with van der Waals surface area (Å²) in [4.78, 5) is 0. The molecule has 0 aliphatic heterocycles. The van der Waals surface area contributed by atoms with Crippen molar-refractivity contribution in [2.75, 3.05) is 0 Å². The molecule has 5 nitrogen and oxygen atoms in total. The highest BCUT2D eigenvalue weighted by Gasteiger charge is 2.37. The number of benzene rings is 2. The van der Waals surface area contributed by atoms with Gasteiger partial charge in [-0.2, -0.15) is 4.37 Å². The highest BCUT2D eigenvalue weighted by molar-refractivity contribution is 7.13. The van der Waals surface area contributed by atoms with Crippen LogP contribution < -0.4 is 0 Å². The van der Waals surface area contributed by atoms with Crippen LogP contribution in [-0.2, 0) is 16.9 Å². The first kappa shape index (κ1) is 22.5. The number of ether oxygens (including phenoxy) is 1. The first-order valence-corrected chi connectivity index (χ1v) is 13.2. The van der Waals surface area contributed by atoms with Crippen LogP contribution in [0.2, 0.25) is 10.0 Å². The van der Waals surface area contributed by atoms with Gasteiger partial charge in [0.15, 0.2) is 0 Å². The van der Waals surface area contributed by atoms with Crippen molar-refractivity contribution in [3.8, 4) is 11.3 Å². The van der Waals surface area contributed by atoms with Crippen LogP contribution in [0, 0.1) is 0 Å². The number of halogens is 2. The highest BCUT2D eigenvalue weighted by atomic mass is 35.5. The Morgan fingerprint density at radius 2 is 1.85 bits per heavy atom. The molecule has 2 aromatic carbocycles. The van der Waals surface area contributed by atoms with E-state index in [0.29, 0.717) is 46.7 Å². The predicted octanol–water partition coefficient (Wildman–Crippen LogP) is 7.48. The number of aliphatic hydroxyl groups is 1. The predicted molar refractivity (Wildman–Crippen MR) is 134 cm³/mol. The quantitative estimate of drug-likeness (QED) is 0.288. The van der Waals surface area contributed by atoms with E-state index in [2.05, 4.69) is 21.7 Å². The van der Waals surface area contributed by atoms with Gasteiger partial charge in [0.2, 0.25) is 0 Å². The summed E-state index contributed by atoms with van der Waals surface area (Å²) in [5.74, 6) is 1.27. The van der Waals surface area contributed by atoms with E-state index in [1.165, 1.54) is 11.5 Å². The van der Waals surface area contributed by atoms with Crippen LogP contribution in [0.25, 0.3) is 21.3 Å². The highest BCUT2D eigenvalue weighted by Crippen LogP contribution is 2.46. The molecule has 34 heavy (non-hydrogen) atoms. The topological polar surface area (TPSA) is 68.4 Å². The summed E-state index contributed by atoms with van der Waals surface area (Å²) in [5.41, 5.74) is 2.43. The monoisotopic (exact) mass is 514 g/mol.